The highest BCUT2D eigenvalue weighted by atomic mass is 32.2. The second-order valence-electron chi connectivity index (χ2n) is 4.05. The summed E-state index contributed by atoms with van der Waals surface area (Å²) in [6, 6.07) is 0. The van der Waals surface area contributed by atoms with Crippen LogP contribution in [0.5, 0.6) is 0 Å². The number of hydrogen-bond donors (Lipinski definition) is 1. The highest BCUT2D eigenvalue weighted by Gasteiger charge is 2.29. The molecule has 0 saturated carbocycles. The molecule has 0 amide bonds. The lowest BCUT2D eigenvalue weighted by Gasteiger charge is -2.16. The molecule has 1 aromatic rings. The Morgan fingerprint density at radius 1 is 1.29 bits per heavy atom. The van der Waals surface area contributed by atoms with Crippen LogP contribution in [0.25, 0.3) is 0 Å². The molecule has 5 nitrogen and oxygen atoms in total. The van der Waals surface area contributed by atoms with Gasteiger partial charge >= 0.3 is 0 Å². The van der Waals surface area contributed by atoms with Crippen LogP contribution in [0.2, 0.25) is 0 Å². The molecule has 0 bridgehead atoms. The third-order valence-electron chi connectivity index (χ3n) is 2.74. The molecule has 6 heteroatoms. The fourth-order valence-electron chi connectivity index (χ4n) is 1.87. The van der Waals surface area contributed by atoms with Crippen molar-refractivity contribution < 1.29 is 12.8 Å². The van der Waals surface area contributed by atoms with Gasteiger partial charge in [-0.3, -0.25) is 0 Å². The van der Waals surface area contributed by atoms with Gasteiger partial charge in [0.25, 0.3) is 0 Å². The fourth-order valence-corrected chi connectivity index (χ4v) is 3.55. The maximum atomic E-state index is 12.3. The van der Waals surface area contributed by atoms with Gasteiger partial charge in [0.15, 0.2) is 0 Å². The normalized spacial score (nSPS) is 12.4. The van der Waals surface area contributed by atoms with Crippen molar-refractivity contribution >= 4 is 10.0 Å². The molecule has 0 atom stereocenters. The van der Waals surface area contributed by atoms with E-state index in [0.717, 1.165) is 6.42 Å². The molecule has 98 valence electrons. The quantitative estimate of drug-likeness (QED) is 0.867. The zero-order valence-electron chi connectivity index (χ0n) is 10.8. The van der Waals surface area contributed by atoms with Crippen LogP contribution in [0.4, 0.5) is 0 Å². The van der Waals surface area contributed by atoms with Crippen molar-refractivity contribution in [2.24, 2.45) is 5.73 Å². The topological polar surface area (TPSA) is 76.5 Å². The van der Waals surface area contributed by atoms with E-state index >= 15 is 0 Å². The first-order chi connectivity index (χ1) is 7.86. The molecule has 1 rings (SSSR count). The predicted octanol–water partition coefficient (Wildman–Crippen LogP) is 1.39. The van der Waals surface area contributed by atoms with Crippen LogP contribution in [-0.4, -0.2) is 26.3 Å². The minimum atomic E-state index is -3.49. The van der Waals surface area contributed by atoms with Gasteiger partial charge in [-0.1, -0.05) is 6.92 Å². The largest absolute Gasteiger partial charge is 0.465 e. The number of furan rings is 1. The lowest BCUT2D eigenvalue weighted by molar-refractivity contribution is 0.461. The summed E-state index contributed by atoms with van der Waals surface area (Å²) < 4.78 is 31.4. The molecule has 0 saturated heterocycles. The number of rotatable bonds is 5. The minimum Gasteiger partial charge on any atom is -0.465 e. The Hall–Kier alpha value is -0.850. The SMILES string of the molecule is CCCN(C)S(=O)(=O)c1c(C)oc(C)c1CN. The fraction of sp³-hybridized carbons (Fsp3) is 0.636. The summed E-state index contributed by atoms with van der Waals surface area (Å²) in [7, 11) is -1.92. The van der Waals surface area contributed by atoms with E-state index in [-0.39, 0.29) is 11.4 Å². The lowest BCUT2D eigenvalue weighted by atomic mass is 10.2. The second-order valence-corrected chi connectivity index (χ2v) is 6.03. The van der Waals surface area contributed by atoms with Crippen LogP contribution in [0.3, 0.4) is 0 Å². The van der Waals surface area contributed by atoms with Gasteiger partial charge in [0.2, 0.25) is 10.0 Å². The molecular weight excluding hydrogens is 240 g/mol. The maximum Gasteiger partial charge on any atom is 0.246 e. The number of nitrogens with zero attached hydrogens (tertiary/aromatic N) is 1. The lowest BCUT2D eigenvalue weighted by Crippen LogP contribution is -2.28. The van der Waals surface area contributed by atoms with Crippen molar-refractivity contribution in [2.45, 2.75) is 38.6 Å². The molecule has 0 aliphatic heterocycles. The molecule has 0 spiro atoms. The van der Waals surface area contributed by atoms with Gasteiger partial charge < -0.3 is 10.2 Å². The Labute approximate surface area is 103 Å². The highest BCUT2D eigenvalue weighted by Crippen LogP contribution is 2.28. The monoisotopic (exact) mass is 260 g/mol. The molecule has 0 aliphatic carbocycles. The van der Waals surface area contributed by atoms with Gasteiger partial charge in [-0.05, 0) is 20.3 Å². The van der Waals surface area contributed by atoms with E-state index in [0.29, 0.717) is 23.6 Å². The molecular formula is C11H20N2O3S. The summed E-state index contributed by atoms with van der Waals surface area (Å²) >= 11 is 0. The van der Waals surface area contributed by atoms with E-state index in [1.165, 1.54) is 4.31 Å². The van der Waals surface area contributed by atoms with Crippen LogP contribution in [0, 0.1) is 13.8 Å². The van der Waals surface area contributed by atoms with E-state index in [1.807, 2.05) is 6.92 Å². The number of nitrogens with two attached hydrogens (primary N) is 1. The number of hydrogen-bond acceptors (Lipinski definition) is 4. The van der Waals surface area contributed by atoms with E-state index in [4.69, 9.17) is 10.2 Å². The standard InChI is InChI=1S/C11H20N2O3S/c1-5-6-13(4)17(14,15)11-9(3)16-8(2)10(11)7-12/h5-7,12H2,1-4H3. The minimum absolute atomic E-state index is 0.164. The van der Waals surface area contributed by atoms with Crippen LogP contribution >= 0.6 is 0 Å². The van der Waals surface area contributed by atoms with Gasteiger partial charge in [-0.15, -0.1) is 0 Å². The van der Waals surface area contributed by atoms with Crippen LogP contribution in [-0.2, 0) is 16.6 Å². The van der Waals surface area contributed by atoms with Crippen molar-refractivity contribution in [3.63, 3.8) is 0 Å². The molecule has 17 heavy (non-hydrogen) atoms. The first-order valence-electron chi connectivity index (χ1n) is 5.61. The summed E-state index contributed by atoms with van der Waals surface area (Å²) in [6.07, 6.45) is 0.767. The molecule has 1 aromatic heterocycles. The van der Waals surface area contributed by atoms with Gasteiger partial charge in [-0.2, -0.15) is 0 Å². The van der Waals surface area contributed by atoms with E-state index in [1.54, 1.807) is 20.9 Å². The Kier molecular flexibility index (Phi) is 4.35. The van der Waals surface area contributed by atoms with Crippen molar-refractivity contribution in [1.29, 1.82) is 0 Å². The number of sulfonamides is 1. The summed E-state index contributed by atoms with van der Waals surface area (Å²) in [6.45, 7) is 5.96. The Bertz CT molecular complexity index is 491. The van der Waals surface area contributed by atoms with Gasteiger partial charge in [0, 0.05) is 25.7 Å². The zero-order valence-corrected chi connectivity index (χ0v) is 11.6. The zero-order chi connectivity index (χ0) is 13.2. The van der Waals surface area contributed by atoms with E-state index in [9.17, 15) is 8.42 Å². The third-order valence-corrected chi connectivity index (χ3v) is 4.79. The Balaban J connectivity index is 3.33. The van der Waals surface area contributed by atoms with Gasteiger partial charge in [-0.25, -0.2) is 12.7 Å². The average Bonchev–Trinajstić information content (AvgIpc) is 2.53. The second kappa shape index (κ2) is 5.20. The smallest absolute Gasteiger partial charge is 0.246 e. The molecule has 0 radical (unpaired) electrons. The summed E-state index contributed by atoms with van der Waals surface area (Å²) in [5.41, 5.74) is 6.17. The predicted molar refractivity (Wildman–Crippen MR) is 66.2 cm³/mol. The summed E-state index contributed by atoms with van der Waals surface area (Å²) in [4.78, 5) is 0.230. The summed E-state index contributed by atoms with van der Waals surface area (Å²) in [5.74, 6) is 0.986. The van der Waals surface area contributed by atoms with Crippen LogP contribution in [0.1, 0.15) is 30.4 Å². The molecule has 0 fully saturated rings. The third kappa shape index (κ3) is 2.53. The van der Waals surface area contributed by atoms with E-state index < -0.39 is 10.0 Å². The van der Waals surface area contributed by atoms with Crippen molar-refractivity contribution in [3.05, 3.63) is 17.1 Å². The molecule has 0 aliphatic rings. The Morgan fingerprint density at radius 3 is 2.35 bits per heavy atom. The molecule has 1 heterocycles. The number of aryl methyl sites for hydroxylation is 2. The Morgan fingerprint density at radius 2 is 1.88 bits per heavy atom. The van der Waals surface area contributed by atoms with Gasteiger partial charge in [0.05, 0.1) is 0 Å². The van der Waals surface area contributed by atoms with Crippen molar-refractivity contribution in [3.8, 4) is 0 Å². The highest BCUT2D eigenvalue weighted by molar-refractivity contribution is 7.89. The van der Waals surface area contributed by atoms with Crippen molar-refractivity contribution in [2.75, 3.05) is 13.6 Å². The average molecular weight is 260 g/mol. The van der Waals surface area contributed by atoms with Gasteiger partial charge in [0.1, 0.15) is 16.4 Å². The maximum absolute atomic E-state index is 12.3. The molecule has 0 aromatic carbocycles. The summed E-state index contributed by atoms with van der Waals surface area (Å²) in [5, 5.41) is 0. The van der Waals surface area contributed by atoms with Crippen LogP contribution in [0.15, 0.2) is 9.31 Å². The molecule has 0 unspecified atom stereocenters. The molecule has 2 N–H and O–H groups in total. The first kappa shape index (κ1) is 14.2. The van der Waals surface area contributed by atoms with Crippen molar-refractivity contribution in [1.82, 2.24) is 4.31 Å². The van der Waals surface area contributed by atoms with Crippen LogP contribution < -0.4 is 5.73 Å². The van der Waals surface area contributed by atoms with E-state index in [2.05, 4.69) is 0 Å². The first-order valence-corrected chi connectivity index (χ1v) is 7.05.